The van der Waals surface area contributed by atoms with Crippen molar-refractivity contribution >= 4 is 0 Å². The van der Waals surface area contributed by atoms with Crippen molar-refractivity contribution in [2.45, 2.75) is 45.7 Å². The molecule has 0 radical (unpaired) electrons. The van der Waals surface area contributed by atoms with Gasteiger partial charge in [-0.25, -0.2) is 0 Å². The average Bonchev–Trinajstić information content (AvgIpc) is 2.31. The van der Waals surface area contributed by atoms with Gasteiger partial charge in [-0.3, -0.25) is 4.98 Å². The quantitative estimate of drug-likeness (QED) is 0.711. The summed E-state index contributed by atoms with van der Waals surface area (Å²) in [5, 5.41) is 3.55. The van der Waals surface area contributed by atoms with Crippen LogP contribution in [0.5, 0.6) is 0 Å². The van der Waals surface area contributed by atoms with Crippen molar-refractivity contribution in [3.05, 3.63) is 42.2 Å². The topological polar surface area (TPSA) is 24.9 Å². The zero-order valence-electron chi connectivity index (χ0n) is 10.4. The van der Waals surface area contributed by atoms with Crippen LogP contribution in [0.3, 0.4) is 0 Å². The van der Waals surface area contributed by atoms with Crippen LogP contribution in [0.25, 0.3) is 0 Å². The minimum absolute atomic E-state index is 0.569. The predicted octanol–water partition coefficient (Wildman–Crippen LogP) is 3.22. The molecule has 1 aromatic rings. The van der Waals surface area contributed by atoms with Gasteiger partial charge >= 0.3 is 0 Å². The molecule has 1 heterocycles. The molecular weight excluding hydrogens is 196 g/mol. The largest absolute Gasteiger partial charge is 0.308 e. The van der Waals surface area contributed by atoms with E-state index in [-0.39, 0.29) is 0 Å². The lowest BCUT2D eigenvalue weighted by Crippen LogP contribution is -2.28. The Morgan fingerprint density at radius 3 is 3.00 bits per heavy atom. The first-order chi connectivity index (χ1) is 7.77. The molecule has 1 rings (SSSR count). The van der Waals surface area contributed by atoms with Crippen LogP contribution >= 0.6 is 0 Å². The lowest BCUT2D eigenvalue weighted by Gasteiger charge is -2.16. The molecule has 1 aromatic heterocycles. The molecule has 0 saturated carbocycles. The van der Waals surface area contributed by atoms with Crippen molar-refractivity contribution in [2.24, 2.45) is 0 Å². The summed E-state index contributed by atoms with van der Waals surface area (Å²) < 4.78 is 0. The third-order valence-electron chi connectivity index (χ3n) is 2.89. The average molecular weight is 218 g/mol. The lowest BCUT2D eigenvalue weighted by molar-refractivity contribution is 0.466. The molecule has 0 aliphatic heterocycles. The van der Waals surface area contributed by atoms with Crippen LogP contribution in [0.15, 0.2) is 31.0 Å². The summed E-state index contributed by atoms with van der Waals surface area (Å²) in [5.41, 5.74) is 2.41. The third-order valence-corrected chi connectivity index (χ3v) is 2.89. The smallest absolute Gasteiger partial charge is 0.0570 e. The second kappa shape index (κ2) is 7.18. The van der Waals surface area contributed by atoms with Gasteiger partial charge in [0.25, 0.3) is 0 Å². The number of hydrogen-bond acceptors (Lipinski definition) is 2. The molecule has 0 fully saturated rings. The lowest BCUT2D eigenvalue weighted by atomic mass is 10.1. The molecule has 2 nitrogen and oxygen atoms in total. The zero-order valence-corrected chi connectivity index (χ0v) is 10.4. The van der Waals surface area contributed by atoms with Crippen LogP contribution in [-0.2, 0) is 6.54 Å². The van der Waals surface area contributed by atoms with E-state index < -0.39 is 0 Å². The van der Waals surface area contributed by atoms with Crippen LogP contribution in [0.4, 0.5) is 0 Å². The molecule has 1 atom stereocenters. The number of allylic oxidation sites excluding steroid dienone is 1. The van der Waals surface area contributed by atoms with Gasteiger partial charge in [0.05, 0.1) is 5.69 Å². The fraction of sp³-hybridized carbons (Fsp3) is 0.500. The predicted molar refractivity (Wildman–Crippen MR) is 69.3 cm³/mol. The van der Waals surface area contributed by atoms with E-state index in [0.29, 0.717) is 6.04 Å². The molecule has 0 aliphatic rings. The summed E-state index contributed by atoms with van der Waals surface area (Å²) in [6.07, 6.45) is 7.23. The molecule has 1 N–H and O–H groups in total. The molecule has 2 heteroatoms. The van der Waals surface area contributed by atoms with Gasteiger partial charge in [-0.15, -0.1) is 6.58 Å². The van der Waals surface area contributed by atoms with Crippen molar-refractivity contribution in [3.8, 4) is 0 Å². The highest BCUT2D eigenvalue weighted by atomic mass is 14.9. The molecule has 0 aliphatic carbocycles. The number of rotatable bonds is 7. The van der Waals surface area contributed by atoms with Crippen molar-refractivity contribution in [3.63, 3.8) is 0 Å². The number of nitrogens with zero attached hydrogens (tertiary/aromatic N) is 1. The Hall–Kier alpha value is -1.15. The molecule has 88 valence electrons. The Labute approximate surface area is 98.8 Å². The van der Waals surface area contributed by atoms with Gasteiger partial charge in [-0.05, 0) is 37.8 Å². The Bertz CT molecular complexity index is 320. The fourth-order valence-electron chi connectivity index (χ4n) is 1.71. The number of aromatic nitrogens is 1. The first kappa shape index (κ1) is 12.9. The summed E-state index contributed by atoms with van der Waals surface area (Å²) in [6.45, 7) is 8.94. The Morgan fingerprint density at radius 2 is 2.38 bits per heavy atom. The molecule has 0 saturated heterocycles. The summed E-state index contributed by atoms with van der Waals surface area (Å²) >= 11 is 0. The minimum Gasteiger partial charge on any atom is -0.308 e. The number of nitrogens with one attached hydrogen (secondary N) is 1. The van der Waals surface area contributed by atoms with Gasteiger partial charge in [0.1, 0.15) is 0 Å². The van der Waals surface area contributed by atoms with E-state index in [2.05, 4.69) is 36.8 Å². The van der Waals surface area contributed by atoms with Crippen LogP contribution in [0, 0.1) is 6.92 Å². The summed E-state index contributed by atoms with van der Waals surface area (Å²) in [7, 11) is 0. The van der Waals surface area contributed by atoms with E-state index in [0.717, 1.165) is 31.5 Å². The van der Waals surface area contributed by atoms with Gasteiger partial charge < -0.3 is 5.32 Å². The van der Waals surface area contributed by atoms with Crippen LogP contribution in [0.2, 0.25) is 0 Å². The minimum atomic E-state index is 0.569. The van der Waals surface area contributed by atoms with E-state index in [1.54, 1.807) is 0 Å². The van der Waals surface area contributed by atoms with E-state index in [4.69, 9.17) is 0 Å². The summed E-state index contributed by atoms with van der Waals surface area (Å²) in [4.78, 5) is 4.38. The van der Waals surface area contributed by atoms with Gasteiger partial charge in [0.15, 0.2) is 0 Å². The molecular formula is C14H22N2. The van der Waals surface area contributed by atoms with E-state index >= 15 is 0 Å². The molecule has 0 bridgehead atoms. The first-order valence-corrected chi connectivity index (χ1v) is 6.02. The van der Waals surface area contributed by atoms with Gasteiger partial charge in [-0.1, -0.05) is 19.1 Å². The maximum absolute atomic E-state index is 4.38. The zero-order chi connectivity index (χ0) is 11.8. The van der Waals surface area contributed by atoms with Gasteiger partial charge in [0.2, 0.25) is 0 Å². The van der Waals surface area contributed by atoms with E-state index in [1.165, 1.54) is 5.56 Å². The maximum atomic E-state index is 4.38. The summed E-state index contributed by atoms with van der Waals surface area (Å²) in [6, 6.07) is 4.65. The SMILES string of the molecule is C=CCCC(CC)NCc1ncccc1C. The van der Waals surface area contributed by atoms with Crippen molar-refractivity contribution < 1.29 is 0 Å². The third kappa shape index (κ3) is 4.15. The van der Waals surface area contributed by atoms with E-state index in [9.17, 15) is 0 Å². The van der Waals surface area contributed by atoms with Crippen molar-refractivity contribution in [1.82, 2.24) is 10.3 Å². The number of pyridine rings is 1. The Kier molecular flexibility index (Phi) is 5.79. The highest BCUT2D eigenvalue weighted by Gasteiger charge is 2.05. The molecule has 0 amide bonds. The van der Waals surface area contributed by atoms with Gasteiger partial charge in [0, 0.05) is 18.8 Å². The standard InChI is InChI=1S/C14H22N2/c1-4-6-9-13(5-2)16-11-14-12(3)8-7-10-15-14/h4,7-8,10,13,16H,1,5-6,9,11H2,2-3H3. The number of hydrogen-bond donors (Lipinski definition) is 1. The second-order valence-electron chi connectivity index (χ2n) is 4.12. The normalized spacial score (nSPS) is 12.4. The molecule has 0 aromatic carbocycles. The monoisotopic (exact) mass is 218 g/mol. The Balaban J connectivity index is 2.43. The molecule has 0 spiro atoms. The molecule has 1 unspecified atom stereocenters. The highest BCUT2D eigenvalue weighted by Crippen LogP contribution is 2.06. The molecule has 16 heavy (non-hydrogen) atoms. The summed E-state index contributed by atoms with van der Waals surface area (Å²) in [5.74, 6) is 0. The maximum Gasteiger partial charge on any atom is 0.0570 e. The first-order valence-electron chi connectivity index (χ1n) is 6.02. The second-order valence-corrected chi connectivity index (χ2v) is 4.12. The van der Waals surface area contributed by atoms with Gasteiger partial charge in [-0.2, -0.15) is 0 Å². The highest BCUT2D eigenvalue weighted by molar-refractivity contribution is 5.17. The fourth-order valence-corrected chi connectivity index (χ4v) is 1.71. The van der Waals surface area contributed by atoms with E-state index in [1.807, 2.05) is 18.3 Å². The van der Waals surface area contributed by atoms with Crippen LogP contribution in [0.1, 0.15) is 37.4 Å². The van der Waals surface area contributed by atoms with Crippen molar-refractivity contribution in [1.29, 1.82) is 0 Å². The van der Waals surface area contributed by atoms with Crippen molar-refractivity contribution in [2.75, 3.05) is 0 Å². The van der Waals surface area contributed by atoms with Crippen LogP contribution in [-0.4, -0.2) is 11.0 Å². The Morgan fingerprint density at radius 1 is 1.56 bits per heavy atom. The van der Waals surface area contributed by atoms with Crippen LogP contribution < -0.4 is 5.32 Å². The number of aryl methyl sites for hydroxylation is 1.